The van der Waals surface area contributed by atoms with Gasteiger partial charge in [-0.25, -0.2) is 0 Å². The first kappa shape index (κ1) is 20.1. The van der Waals surface area contributed by atoms with Crippen LogP contribution in [0.15, 0.2) is 36.4 Å². The van der Waals surface area contributed by atoms with Crippen LogP contribution in [-0.2, 0) is 12.4 Å². The Bertz CT molecular complexity index is 675. The molecule has 0 atom stereocenters. The van der Waals surface area contributed by atoms with Crippen molar-refractivity contribution in [3.63, 3.8) is 0 Å². The first-order chi connectivity index (χ1) is 10.9. The van der Waals surface area contributed by atoms with Crippen LogP contribution in [-0.4, -0.2) is 0 Å². The average Bonchev–Trinajstić information content (AvgIpc) is 2.43. The van der Waals surface area contributed by atoms with Gasteiger partial charge in [0.25, 0.3) is 0 Å². The molecule has 0 saturated heterocycles. The van der Waals surface area contributed by atoms with Crippen molar-refractivity contribution in [2.24, 2.45) is 0 Å². The van der Waals surface area contributed by atoms with Crippen molar-refractivity contribution in [1.82, 2.24) is 0 Å². The van der Waals surface area contributed by atoms with Gasteiger partial charge in [-0.15, -0.1) is 0 Å². The summed E-state index contributed by atoms with van der Waals surface area (Å²) in [5.41, 5.74) is 0.493. The minimum atomic E-state index is -4.99. The Balaban J connectivity index is 0.000000272. The van der Waals surface area contributed by atoms with Crippen LogP contribution in [0.5, 0.6) is 0 Å². The van der Waals surface area contributed by atoms with Crippen LogP contribution in [0, 0.1) is 27.7 Å². The Labute approximate surface area is 137 Å². The molecule has 2 rings (SSSR count). The molecule has 0 amide bonds. The summed E-state index contributed by atoms with van der Waals surface area (Å²) in [5, 5.41) is 0. The van der Waals surface area contributed by atoms with Crippen LogP contribution in [0.25, 0.3) is 0 Å². The van der Waals surface area contributed by atoms with E-state index in [1.165, 1.54) is 16.7 Å². The second kappa shape index (κ2) is 7.28. The topological polar surface area (TPSA) is 0 Å². The van der Waals surface area contributed by atoms with E-state index in [0.29, 0.717) is 6.07 Å². The van der Waals surface area contributed by atoms with E-state index >= 15 is 0 Å². The summed E-state index contributed by atoms with van der Waals surface area (Å²) in [7, 11) is 0. The van der Waals surface area contributed by atoms with E-state index in [2.05, 4.69) is 39.0 Å². The van der Waals surface area contributed by atoms with Crippen molar-refractivity contribution in [1.29, 1.82) is 0 Å². The summed E-state index contributed by atoms with van der Waals surface area (Å²) in [4.78, 5) is 0. The van der Waals surface area contributed by atoms with E-state index in [1.807, 2.05) is 0 Å². The molecule has 2 aromatic rings. The Morgan fingerprint density at radius 1 is 0.583 bits per heavy atom. The Morgan fingerprint density at radius 2 is 1.00 bits per heavy atom. The molecule has 0 saturated carbocycles. The zero-order valence-corrected chi connectivity index (χ0v) is 13.7. The molecule has 6 heteroatoms. The third-order valence-electron chi connectivity index (χ3n) is 3.74. The fourth-order valence-corrected chi connectivity index (χ4v) is 2.18. The van der Waals surface area contributed by atoms with Crippen molar-refractivity contribution in [3.8, 4) is 0 Å². The number of halogens is 6. The lowest BCUT2D eigenvalue weighted by atomic mass is 10.0. The lowest BCUT2D eigenvalue weighted by molar-refractivity contribution is -0.162. The summed E-state index contributed by atoms with van der Waals surface area (Å²) in [6, 6.07) is 8.75. The first-order valence-corrected chi connectivity index (χ1v) is 7.12. The monoisotopic (exact) mass is 348 g/mol. The predicted octanol–water partition coefficient (Wildman–Crippen LogP) is 6.64. The molecular formula is C18H18F6. The molecule has 0 radical (unpaired) electrons. The maximum Gasteiger partial charge on any atom is 0.417 e. The zero-order chi connectivity index (χ0) is 18.7. The van der Waals surface area contributed by atoms with E-state index in [-0.39, 0.29) is 0 Å². The van der Waals surface area contributed by atoms with Crippen molar-refractivity contribution in [3.05, 3.63) is 69.8 Å². The van der Waals surface area contributed by atoms with Gasteiger partial charge in [-0.1, -0.05) is 30.3 Å². The molecule has 0 aromatic heterocycles. The van der Waals surface area contributed by atoms with E-state index < -0.39 is 29.0 Å². The standard InChI is InChI=1S/C9H6F6.C9H12/c1-5-3-2-4-6(8(10,11)12)7(5)9(13,14)15;1-7-5-4-6-8(2)9(7)3/h2-4H,1H3;4-6H,1-3H3. The Kier molecular flexibility index (Phi) is 6.09. The van der Waals surface area contributed by atoms with Gasteiger partial charge in [-0.3, -0.25) is 0 Å². The van der Waals surface area contributed by atoms with E-state index in [9.17, 15) is 26.3 Å². The quantitative estimate of drug-likeness (QED) is 0.468. The van der Waals surface area contributed by atoms with Gasteiger partial charge in [0.15, 0.2) is 0 Å². The largest absolute Gasteiger partial charge is 0.417 e. The van der Waals surface area contributed by atoms with Crippen molar-refractivity contribution >= 4 is 0 Å². The number of rotatable bonds is 0. The molecule has 0 spiro atoms. The number of aryl methyl sites for hydroxylation is 3. The molecule has 2 aromatic carbocycles. The highest BCUT2D eigenvalue weighted by Crippen LogP contribution is 2.41. The highest BCUT2D eigenvalue weighted by atomic mass is 19.4. The Hall–Kier alpha value is -1.98. The zero-order valence-electron chi connectivity index (χ0n) is 13.7. The van der Waals surface area contributed by atoms with Gasteiger partial charge < -0.3 is 0 Å². The molecule has 24 heavy (non-hydrogen) atoms. The van der Waals surface area contributed by atoms with Crippen molar-refractivity contribution in [2.75, 3.05) is 0 Å². The summed E-state index contributed by atoms with van der Waals surface area (Å²) in [6.45, 7) is 7.44. The number of alkyl halides is 6. The van der Waals surface area contributed by atoms with Crippen molar-refractivity contribution in [2.45, 2.75) is 40.0 Å². The van der Waals surface area contributed by atoms with Gasteiger partial charge in [0.1, 0.15) is 0 Å². The van der Waals surface area contributed by atoms with Crippen molar-refractivity contribution < 1.29 is 26.3 Å². The SMILES string of the molecule is Cc1cccc(C(F)(F)F)c1C(F)(F)F.Cc1cccc(C)c1C. The summed E-state index contributed by atoms with van der Waals surface area (Å²) in [5.74, 6) is 0. The van der Waals surface area contributed by atoms with Gasteiger partial charge in [-0.05, 0) is 56.0 Å². The lowest BCUT2D eigenvalue weighted by Gasteiger charge is -2.17. The number of benzene rings is 2. The molecule has 132 valence electrons. The molecule has 0 bridgehead atoms. The lowest BCUT2D eigenvalue weighted by Crippen LogP contribution is -2.17. The Morgan fingerprint density at radius 3 is 1.33 bits per heavy atom. The van der Waals surface area contributed by atoms with E-state index in [1.54, 1.807) is 0 Å². The predicted molar refractivity (Wildman–Crippen MR) is 81.8 cm³/mol. The van der Waals surface area contributed by atoms with Gasteiger partial charge >= 0.3 is 12.4 Å². The molecule has 0 aliphatic rings. The highest BCUT2D eigenvalue weighted by molar-refractivity contribution is 5.38. The summed E-state index contributed by atoms with van der Waals surface area (Å²) in [6.07, 6.45) is -9.98. The maximum absolute atomic E-state index is 12.3. The van der Waals surface area contributed by atoms with E-state index in [0.717, 1.165) is 19.1 Å². The van der Waals surface area contributed by atoms with Gasteiger partial charge in [-0.2, -0.15) is 26.3 Å². The molecule has 0 nitrogen and oxygen atoms in total. The molecular weight excluding hydrogens is 330 g/mol. The van der Waals surface area contributed by atoms with Crippen LogP contribution in [0.1, 0.15) is 33.4 Å². The first-order valence-electron chi connectivity index (χ1n) is 7.12. The van der Waals surface area contributed by atoms with Gasteiger partial charge in [0.2, 0.25) is 0 Å². The minimum Gasteiger partial charge on any atom is -0.166 e. The van der Waals surface area contributed by atoms with Crippen LogP contribution >= 0.6 is 0 Å². The third kappa shape index (κ3) is 5.01. The van der Waals surface area contributed by atoms with Crippen LogP contribution < -0.4 is 0 Å². The summed E-state index contributed by atoms with van der Waals surface area (Å²) >= 11 is 0. The third-order valence-corrected chi connectivity index (χ3v) is 3.74. The number of hydrogen-bond acceptors (Lipinski definition) is 0. The fourth-order valence-electron chi connectivity index (χ4n) is 2.18. The molecule has 0 N–H and O–H groups in total. The van der Waals surface area contributed by atoms with Gasteiger partial charge in [0.05, 0.1) is 11.1 Å². The molecule has 0 fully saturated rings. The average molecular weight is 348 g/mol. The highest BCUT2D eigenvalue weighted by Gasteiger charge is 2.43. The van der Waals surface area contributed by atoms with Crippen LogP contribution in [0.3, 0.4) is 0 Å². The normalized spacial score (nSPS) is 11.8. The second-order valence-electron chi connectivity index (χ2n) is 5.51. The van der Waals surface area contributed by atoms with Gasteiger partial charge in [0, 0.05) is 0 Å². The van der Waals surface area contributed by atoms with Crippen LogP contribution in [0.2, 0.25) is 0 Å². The minimum absolute atomic E-state index is 0.426. The van der Waals surface area contributed by atoms with E-state index in [4.69, 9.17) is 0 Å². The molecule has 0 heterocycles. The van der Waals surface area contributed by atoms with Crippen LogP contribution in [0.4, 0.5) is 26.3 Å². The molecule has 0 unspecified atom stereocenters. The maximum atomic E-state index is 12.3. The smallest absolute Gasteiger partial charge is 0.166 e. The fraction of sp³-hybridized carbons (Fsp3) is 0.333. The molecule has 0 aliphatic heterocycles. The summed E-state index contributed by atoms with van der Waals surface area (Å²) < 4.78 is 73.8. The second-order valence-corrected chi connectivity index (χ2v) is 5.51. The molecule has 0 aliphatic carbocycles. The number of hydrogen-bond donors (Lipinski definition) is 0.